The fraction of sp³-hybridized carbons (Fsp3) is 0.385. The third-order valence-corrected chi connectivity index (χ3v) is 2.62. The number of hydrogen-bond donors (Lipinski definition) is 3. The van der Waals surface area contributed by atoms with Crippen molar-refractivity contribution >= 4 is 12.0 Å². The van der Waals surface area contributed by atoms with Gasteiger partial charge in [0.05, 0.1) is 0 Å². The molecule has 0 aromatic heterocycles. The third kappa shape index (κ3) is 4.83. The number of amides is 2. The Labute approximate surface area is 115 Å². The number of hydrogen-bond acceptors (Lipinski definition) is 2. The van der Waals surface area contributed by atoms with Crippen LogP contribution in [0.2, 0.25) is 0 Å². The molecule has 110 valence electrons. The maximum absolute atomic E-state index is 12.9. The lowest BCUT2D eigenvalue weighted by Crippen LogP contribution is -2.45. The molecule has 20 heavy (non-hydrogen) atoms. The van der Waals surface area contributed by atoms with Crippen LogP contribution in [0.4, 0.5) is 13.6 Å². The highest BCUT2D eigenvalue weighted by Gasteiger charge is 2.18. The lowest BCUT2D eigenvalue weighted by molar-refractivity contribution is -0.139. The van der Waals surface area contributed by atoms with Crippen LogP contribution in [-0.2, 0) is 11.3 Å². The molecular formula is C13H16F2N2O3. The number of carboxylic acids is 1. The minimum absolute atomic E-state index is 0.0263. The van der Waals surface area contributed by atoms with Crippen LogP contribution in [0.5, 0.6) is 0 Å². The average Bonchev–Trinajstić information content (AvgIpc) is 2.39. The number of aliphatic carboxylic acids is 1. The Morgan fingerprint density at radius 2 is 2.00 bits per heavy atom. The summed E-state index contributed by atoms with van der Waals surface area (Å²) in [6.45, 7) is 1.78. The Kier molecular flexibility index (Phi) is 5.89. The van der Waals surface area contributed by atoms with E-state index < -0.39 is 29.7 Å². The van der Waals surface area contributed by atoms with Crippen LogP contribution in [0, 0.1) is 11.6 Å². The van der Waals surface area contributed by atoms with Gasteiger partial charge in [-0.3, -0.25) is 0 Å². The van der Waals surface area contributed by atoms with Crippen LogP contribution >= 0.6 is 0 Å². The number of carbonyl (C=O) groups is 2. The fourth-order valence-electron chi connectivity index (χ4n) is 1.59. The zero-order chi connectivity index (χ0) is 15.1. The van der Waals surface area contributed by atoms with Crippen LogP contribution in [0.1, 0.15) is 25.3 Å². The highest BCUT2D eigenvalue weighted by atomic mass is 19.2. The molecule has 0 spiro atoms. The Morgan fingerprint density at radius 3 is 2.55 bits per heavy atom. The van der Waals surface area contributed by atoms with E-state index in [2.05, 4.69) is 10.6 Å². The summed E-state index contributed by atoms with van der Waals surface area (Å²) >= 11 is 0. The molecule has 0 bridgehead atoms. The van der Waals surface area contributed by atoms with E-state index in [1.165, 1.54) is 6.07 Å². The first kappa shape index (κ1) is 15.9. The highest BCUT2D eigenvalue weighted by Crippen LogP contribution is 2.08. The Morgan fingerprint density at radius 1 is 1.30 bits per heavy atom. The van der Waals surface area contributed by atoms with Gasteiger partial charge in [0.25, 0.3) is 0 Å². The molecule has 1 aromatic rings. The maximum atomic E-state index is 12.9. The van der Waals surface area contributed by atoms with Gasteiger partial charge in [0.15, 0.2) is 11.6 Å². The predicted octanol–water partition coefficient (Wildman–Crippen LogP) is 2.02. The van der Waals surface area contributed by atoms with Crippen LogP contribution in [-0.4, -0.2) is 23.1 Å². The smallest absolute Gasteiger partial charge is 0.326 e. The normalized spacial score (nSPS) is 11.8. The topological polar surface area (TPSA) is 78.4 Å². The Balaban J connectivity index is 2.50. The van der Waals surface area contributed by atoms with Gasteiger partial charge in [0, 0.05) is 6.54 Å². The van der Waals surface area contributed by atoms with E-state index in [4.69, 9.17) is 5.11 Å². The molecule has 0 heterocycles. The van der Waals surface area contributed by atoms with Gasteiger partial charge in [-0.2, -0.15) is 0 Å². The lowest BCUT2D eigenvalue weighted by atomic mass is 10.2. The first-order chi connectivity index (χ1) is 9.43. The molecule has 7 heteroatoms. The predicted molar refractivity (Wildman–Crippen MR) is 68.1 cm³/mol. The van der Waals surface area contributed by atoms with Crippen molar-refractivity contribution < 1.29 is 23.5 Å². The van der Waals surface area contributed by atoms with Crippen molar-refractivity contribution in [2.75, 3.05) is 0 Å². The van der Waals surface area contributed by atoms with E-state index in [1.807, 2.05) is 0 Å². The lowest BCUT2D eigenvalue weighted by Gasteiger charge is -2.14. The van der Waals surface area contributed by atoms with Gasteiger partial charge >= 0.3 is 12.0 Å². The highest BCUT2D eigenvalue weighted by molar-refractivity contribution is 5.82. The number of carbonyl (C=O) groups excluding carboxylic acids is 1. The SMILES string of the molecule is CCC[C@@H](NC(=O)NCc1ccc(F)c(F)c1)C(=O)O. The molecule has 1 atom stereocenters. The number of halogens is 2. The largest absolute Gasteiger partial charge is 0.480 e. The van der Waals surface area contributed by atoms with Crippen LogP contribution in [0.25, 0.3) is 0 Å². The van der Waals surface area contributed by atoms with Crippen molar-refractivity contribution in [3.63, 3.8) is 0 Å². The van der Waals surface area contributed by atoms with Gasteiger partial charge in [-0.15, -0.1) is 0 Å². The number of rotatable bonds is 6. The van der Waals surface area contributed by atoms with Crippen LogP contribution in [0.15, 0.2) is 18.2 Å². The second-order valence-corrected chi connectivity index (χ2v) is 4.25. The van der Waals surface area contributed by atoms with Gasteiger partial charge in [0.2, 0.25) is 0 Å². The molecule has 0 saturated heterocycles. The van der Waals surface area contributed by atoms with E-state index >= 15 is 0 Å². The van der Waals surface area contributed by atoms with E-state index in [0.717, 1.165) is 12.1 Å². The standard InChI is InChI=1S/C13H16F2N2O3/c1-2-3-11(12(18)19)17-13(20)16-7-8-4-5-9(14)10(15)6-8/h4-6,11H,2-3,7H2,1H3,(H,18,19)(H2,16,17,20)/t11-/m1/s1. The number of urea groups is 1. The van der Waals surface area contributed by atoms with Crippen molar-refractivity contribution in [1.82, 2.24) is 10.6 Å². The first-order valence-electron chi connectivity index (χ1n) is 6.15. The molecule has 1 aromatic carbocycles. The quantitative estimate of drug-likeness (QED) is 0.748. The van der Waals surface area contributed by atoms with E-state index in [1.54, 1.807) is 6.92 Å². The molecule has 1 rings (SSSR count). The summed E-state index contributed by atoms with van der Waals surface area (Å²) in [5, 5.41) is 13.6. The van der Waals surface area contributed by atoms with Gasteiger partial charge in [-0.1, -0.05) is 19.4 Å². The molecule has 3 N–H and O–H groups in total. The monoisotopic (exact) mass is 286 g/mol. The van der Waals surface area contributed by atoms with Gasteiger partial charge < -0.3 is 15.7 Å². The zero-order valence-corrected chi connectivity index (χ0v) is 11.0. The fourth-order valence-corrected chi connectivity index (χ4v) is 1.59. The summed E-state index contributed by atoms with van der Waals surface area (Å²) in [7, 11) is 0. The van der Waals surface area contributed by atoms with Crippen molar-refractivity contribution in [3.8, 4) is 0 Å². The molecular weight excluding hydrogens is 270 g/mol. The van der Waals surface area contributed by atoms with Gasteiger partial charge in [-0.25, -0.2) is 18.4 Å². The average molecular weight is 286 g/mol. The number of benzene rings is 1. The molecule has 5 nitrogen and oxygen atoms in total. The summed E-state index contributed by atoms with van der Waals surface area (Å²) in [5.41, 5.74) is 0.376. The molecule has 0 saturated carbocycles. The van der Waals surface area contributed by atoms with Crippen molar-refractivity contribution in [3.05, 3.63) is 35.4 Å². The summed E-state index contributed by atoms with van der Waals surface area (Å²) in [6, 6.07) is 1.62. The maximum Gasteiger partial charge on any atom is 0.326 e. The van der Waals surface area contributed by atoms with Crippen LogP contribution < -0.4 is 10.6 Å². The summed E-state index contributed by atoms with van der Waals surface area (Å²) in [4.78, 5) is 22.4. The third-order valence-electron chi connectivity index (χ3n) is 2.62. The molecule has 0 aliphatic heterocycles. The van der Waals surface area contributed by atoms with Crippen LogP contribution in [0.3, 0.4) is 0 Å². The molecule has 0 unspecified atom stereocenters. The van der Waals surface area contributed by atoms with Gasteiger partial charge in [0.1, 0.15) is 6.04 Å². The second kappa shape index (κ2) is 7.42. The van der Waals surface area contributed by atoms with Crippen molar-refractivity contribution in [2.24, 2.45) is 0 Å². The minimum atomic E-state index is -1.12. The molecule has 0 fully saturated rings. The molecule has 0 radical (unpaired) electrons. The minimum Gasteiger partial charge on any atom is -0.480 e. The first-order valence-corrected chi connectivity index (χ1v) is 6.15. The second-order valence-electron chi connectivity index (χ2n) is 4.25. The van der Waals surface area contributed by atoms with Gasteiger partial charge in [-0.05, 0) is 24.1 Å². The summed E-state index contributed by atoms with van der Waals surface area (Å²) in [5.74, 6) is -3.08. The van der Waals surface area contributed by atoms with E-state index in [9.17, 15) is 18.4 Å². The van der Waals surface area contributed by atoms with Crippen molar-refractivity contribution in [2.45, 2.75) is 32.4 Å². The van der Waals surface area contributed by atoms with E-state index in [0.29, 0.717) is 18.4 Å². The number of carboxylic acid groups (broad SMARTS) is 1. The van der Waals surface area contributed by atoms with E-state index in [-0.39, 0.29) is 6.54 Å². The molecule has 2 amide bonds. The molecule has 0 aliphatic rings. The molecule has 0 aliphatic carbocycles. The van der Waals surface area contributed by atoms with Crippen molar-refractivity contribution in [1.29, 1.82) is 0 Å². The zero-order valence-electron chi connectivity index (χ0n) is 11.0. The Hall–Kier alpha value is -2.18. The summed E-state index contributed by atoms with van der Waals surface area (Å²) in [6.07, 6.45) is 0.925. The Bertz CT molecular complexity index is 495. The summed E-state index contributed by atoms with van der Waals surface area (Å²) < 4.78 is 25.6. The number of nitrogens with one attached hydrogen (secondary N) is 2.